The predicted octanol–water partition coefficient (Wildman–Crippen LogP) is 3.93. The van der Waals surface area contributed by atoms with Gasteiger partial charge in [0, 0.05) is 42.3 Å². The Morgan fingerprint density at radius 2 is 1.94 bits per heavy atom. The van der Waals surface area contributed by atoms with E-state index in [1.165, 1.54) is 23.5 Å². The first-order chi connectivity index (χ1) is 16.5. The van der Waals surface area contributed by atoms with E-state index in [1.54, 1.807) is 24.4 Å². The Balaban J connectivity index is 1.39. The fraction of sp³-hybridized carbons (Fsp3) is 0.393. The van der Waals surface area contributed by atoms with E-state index in [2.05, 4.69) is 21.6 Å². The highest BCUT2D eigenvalue weighted by atomic mass is 19.1. The van der Waals surface area contributed by atoms with Crippen molar-refractivity contribution in [1.82, 2.24) is 9.47 Å². The number of fused-ring (bicyclic) bond motifs is 1. The quantitative estimate of drug-likeness (QED) is 0.601. The minimum absolute atomic E-state index is 0.201. The van der Waals surface area contributed by atoms with E-state index in [-0.39, 0.29) is 11.4 Å². The number of aromatic nitrogens is 1. The number of rotatable bonds is 4. The SMILES string of the molecule is CCC(O)C#Cc1ccc2c(=O)n(-c3ccc(N4CC[C@@H](N5CCCC5)C4)c(F)c3)ccc2c1. The molecule has 2 aliphatic heterocycles. The molecule has 1 aromatic heterocycles. The van der Waals surface area contributed by atoms with Crippen LogP contribution in [-0.4, -0.2) is 52.9 Å². The van der Waals surface area contributed by atoms with Gasteiger partial charge in [0.25, 0.3) is 5.56 Å². The number of aliphatic hydroxyl groups is 1. The van der Waals surface area contributed by atoms with Crippen molar-refractivity contribution in [2.24, 2.45) is 0 Å². The number of pyridine rings is 1. The number of halogens is 1. The summed E-state index contributed by atoms with van der Waals surface area (Å²) in [6, 6.07) is 12.8. The van der Waals surface area contributed by atoms with Crippen LogP contribution < -0.4 is 10.5 Å². The molecular formula is C28H30FN3O2. The van der Waals surface area contributed by atoms with Gasteiger partial charge in [0.2, 0.25) is 0 Å². The normalized spacial score (nSPS) is 19.4. The van der Waals surface area contributed by atoms with E-state index in [4.69, 9.17) is 0 Å². The van der Waals surface area contributed by atoms with E-state index in [0.29, 0.717) is 29.2 Å². The lowest BCUT2D eigenvalue weighted by atomic mass is 10.1. The lowest BCUT2D eigenvalue weighted by molar-refractivity contribution is 0.228. The minimum atomic E-state index is -0.659. The van der Waals surface area contributed by atoms with Gasteiger partial charge in [-0.3, -0.25) is 14.3 Å². The second-order valence-corrected chi connectivity index (χ2v) is 9.25. The molecule has 1 unspecified atom stereocenters. The maximum Gasteiger partial charge on any atom is 0.262 e. The number of benzene rings is 2. The number of aliphatic hydroxyl groups excluding tert-OH is 1. The van der Waals surface area contributed by atoms with Crippen molar-refractivity contribution in [3.05, 3.63) is 70.4 Å². The molecular weight excluding hydrogens is 429 g/mol. The molecule has 0 aliphatic carbocycles. The van der Waals surface area contributed by atoms with Crippen molar-refractivity contribution in [2.45, 2.75) is 44.8 Å². The zero-order valence-corrected chi connectivity index (χ0v) is 19.5. The molecule has 34 heavy (non-hydrogen) atoms. The zero-order valence-electron chi connectivity index (χ0n) is 19.5. The molecule has 5 rings (SSSR count). The molecule has 0 spiro atoms. The molecule has 6 heteroatoms. The Hall–Kier alpha value is -3.14. The molecule has 5 nitrogen and oxygen atoms in total. The van der Waals surface area contributed by atoms with Crippen LogP contribution in [0.5, 0.6) is 0 Å². The molecule has 2 fully saturated rings. The van der Waals surface area contributed by atoms with Gasteiger partial charge in [-0.25, -0.2) is 4.39 Å². The molecule has 176 valence electrons. The molecule has 2 aromatic carbocycles. The zero-order chi connectivity index (χ0) is 23.7. The highest BCUT2D eigenvalue weighted by Crippen LogP contribution is 2.28. The standard InChI is InChI=1S/C28H30FN3O2/c1-2-24(33)8-5-20-6-9-25-21(17-20)11-16-32(28(25)34)22-7-10-27(26(29)18-22)31-15-12-23(19-31)30-13-3-4-14-30/h6-7,9-11,16-18,23-24,33H,2-4,12-15,19H2,1H3/t23-,24?/m1/s1. The molecule has 1 N–H and O–H groups in total. The van der Waals surface area contributed by atoms with Crippen LogP contribution in [0.2, 0.25) is 0 Å². The van der Waals surface area contributed by atoms with E-state index in [9.17, 15) is 9.90 Å². The van der Waals surface area contributed by atoms with Crippen LogP contribution in [0.1, 0.15) is 38.2 Å². The van der Waals surface area contributed by atoms with Crippen LogP contribution in [0.4, 0.5) is 10.1 Å². The van der Waals surface area contributed by atoms with Crippen LogP contribution in [0.3, 0.4) is 0 Å². The van der Waals surface area contributed by atoms with Crippen molar-refractivity contribution in [3.63, 3.8) is 0 Å². The van der Waals surface area contributed by atoms with Gasteiger partial charge in [-0.2, -0.15) is 0 Å². The highest BCUT2D eigenvalue weighted by molar-refractivity contribution is 5.83. The summed E-state index contributed by atoms with van der Waals surface area (Å²) in [6.07, 6.45) is 5.17. The average Bonchev–Trinajstić information content (AvgIpc) is 3.55. The van der Waals surface area contributed by atoms with Crippen molar-refractivity contribution >= 4 is 16.5 Å². The highest BCUT2D eigenvalue weighted by Gasteiger charge is 2.30. The fourth-order valence-electron chi connectivity index (χ4n) is 5.06. The Morgan fingerprint density at radius 3 is 2.71 bits per heavy atom. The van der Waals surface area contributed by atoms with Crippen LogP contribution in [-0.2, 0) is 0 Å². The Labute approximate surface area is 199 Å². The molecule has 3 heterocycles. The first kappa shape index (κ1) is 22.6. The van der Waals surface area contributed by atoms with Gasteiger partial charge in [0.05, 0.1) is 11.4 Å². The van der Waals surface area contributed by atoms with E-state index in [0.717, 1.165) is 43.5 Å². The maximum absolute atomic E-state index is 15.2. The first-order valence-electron chi connectivity index (χ1n) is 12.2. The molecule has 0 radical (unpaired) electrons. The summed E-state index contributed by atoms with van der Waals surface area (Å²) in [5, 5.41) is 11.0. The summed E-state index contributed by atoms with van der Waals surface area (Å²) in [5.74, 6) is 5.44. The molecule has 0 bridgehead atoms. The number of nitrogens with zero attached hydrogens (tertiary/aromatic N) is 3. The summed E-state index contributed by atoms with van der Waals surface area (Å²) >= 11 is 0. The largest absolute Gasteiger partial charge is 0.380 e. The molecule has 3 aromatic rings. The van der Waals surface area contributed by atoms with E-state index >= 15 is 4.39 Å². The van der Waals surface area contributed by atoms with Crippen molar-refractivity contribution in [1.29, 1.82) is 0 Å². The van der Waals surface area contributed by atoms with E-state index in [1.807, 2.05) is 25.1 Å². The number of hydrogen-bond acceptors (Lipinski definition) is 4. The van der Waals surface area contributed by atoms with Crippen LogP contribution in [0.15, 0.2) is 53.5 Å². The summed E-state index contributed by atoms with van der Waals surface area (Å²) in [4.78, 5) is 17.8. The molecule has 0 amide bonds. The summed E-state index contributed by atoms with van der Waals surface area (Å²) in [5.41, 5.74) is 1.66. The Kier molecular flexibility index (Phi) is 6.40. The van der Waals surface area contributed by atoms with Crippen molar-refractivity contribution in [2.75, 3.05) is 31.1 Å². The molecule has 2 saturated heterocycles. The third-order valence-corrected chi connectivity index (χ3v) is 7.04. The summed E-state index contributed by atoms with van der Waals surface area (Å²) in [7, 11) is 0. The van der Waals surface area contributed by atoms with Gasteiger partial charge in [-0.05, 0) is 80.6 Å². The third-order valence-electron chi connectivity index (χ3n) is 7.04. The van der Waals surface area contributed by atoms with Gasteiger partial charge < -0.3 is 10.0 Å². The van der Waals surface area contributed by atoms with Crippen LogP contribution >= 0.6 is 0 Å². The second kappa shape index (κ2) is 9.61. The van der Waals surface area contributed by atoms with Crippen molar-refractivity contribution in [3.8, 4) is 17.5 Å². The van der Waals surface area contributed by atoms with Gasteiger partial charge in [-0.15, -0.1) is 0 Å². The predicted molar refractivity (Wildman–Crippen MR) is 134 cm³/mol. The lowest BCUT2D eigenvalue weighted by Gasteiger charge is -2.25. The minimum Gasteiger partial charge on any atom is -0.380 e. The third kappa shape index (κ3) is 4.46. The molecule has 2 atom stereocenters. The smallest absolute Gasteiger partial charge is 0.262 e. The number of hydrogen-bond donors (Lipinski definition) is 1. The maximum atomic E-state index is 15.2. The number of anilines is 1. The molecule has 0 saturated carbocycles. The van der Waals surface area contributed by atoms with Gasteiger partial charge in [0.15, 0.2) is 0 Å². The van der Waals surface area contributed by atoms with Gasteiger partial charge in [0.1, 0.15) is 11.9 Å². The van der Waals surface area contributed by atoms with Gasteiger partial charge in [-0.1, -0.05) is 18.8 Å². The topological polar surface area (TPSA) is 48.7 Å². The Bertz CT molecular complexity index is 1320. The first-order valence-corrected chi connectivity index (χ1v) is 12.2. The second-order valence-electron chi connectivity index (χ2n) is 9.25. The number of likely N-dealkylation sites (tertiary alicyclic amines) is 1. The van der Waals surface area contributed by atoms with E-state index < -0.39 is 6.10 Å². The lowest BCUT2D eigenvalue weighted by Crippen LogP contribution is -2.35. The summed E-state index contributed by atoms with van der Waals surface area (Å²) in [6.45, 7) is 5.88. The van der Waals surface area contributed by atoms with Gasteiger partial charge >= 0.3 is 0 Å². The monoisotopic (exact) mass is 459 g/mol. The van der Waals surface area contributed by atoms with Crippen LogP contribution in [0.25, 0.3) is 16.5 Å². The summed E-state index contributed by atoms with van der Waals surface area (Å²) < 4.78 is 16.6. The van der Waals surface area contributed by atoms with Crippen LogP contribution in [0, 0.1) is 17.7 Å². The average molecular weight is 460 g/mol. The Morgan fingerprint density at radius 1 is 1.12 bits per heavy atom. The van der Waals surface area contributed by atoms with Crippen molar-refractivity contribution < 1.29 is 9.50 Å². The molecule has 2 aliphatic rings. The fourth-order valence-corrected chi connectivity index (χ4v) is 5.06.